The molecule has 12 nitrogen and oxygen atoms in total. The Labute approximate surface area is 303 Å². The van der Waals surface area contributed by atoms with E-state index in [-0.39, 0.29) is 41.4 Å². The smallest absolute Gasteiger partial charge is 0.315 e. The highest BCUT2D eigenvalue weighted by Crippen LogP contribution is 2.65. The number of nitrogens with one attached hydrogen (secondary N) is 4. The predicted octanol–water partition coefficient (Wildman–Crippen LogP) is 3.54. The molecule has 2 aliphatic heterocycles. The van der Waals surface area contributed by atoms with Gasteiger partial charge < -0.3 is 26.2 Å². The van der Waals surface area contributed by atoms with E-state index in [1.165, 1.54) is 6.08 Å². The Balaban J connectivity index is 1.25. The summed E-state index contributed by atoms with van der Waals surface area (Å²) in [4.78, 5) is 70.9. The van der Waals surface area contributed by atoms with Crippen molar-refractivity contribution >= 4 is 39.4 Å². The highest BCUT2D eigenvalue weighted by atomic mass is 32.2. The SMILES string of the molecule is C=CCNC(=O)C(=O)C(CC1CC1)NC(=O)[C@@H]1[C@@H]2[C@H](CN1C(=O)[C@@H](NC(=O)NC1(C3CCCS3(=O)=O)CCCCC1)C1(C)CCCCC1)C2(C)C. The number of ketones is 1. The maximum absolute atomic E-state index is 14.9. The van der Waals surface area contributed by atoms with Gasteiger partial charge >= 0.3 is 6.03 Å². The summed E-state index contributed by atoms with van der Waals surface area (Å²) in [5, 5.41) is 11.0. The van der Waals surface area contributed by atoms with Gasteiger partial charge in [-0.15, -0.1) is 6.58 Å². The number of carbonyl (C=O) groups excluding carboxylic acids is 5. The van der Waals surface area contributed by atoms with Crippen LogP contribution in [0.3, 0.4) is 0 Å². The van der Waals surface area contributed by atoms with Crippen LogP contribution < -0.4 is 21.3 Å². The van der Waals surface area contributed by atoms with Gasteiger partial charge in [0.2, 0.25) is 17.6 Å². The standard InChI is InChI=1S/C38H59N5O7S/c1-5-20-39-33(46)30(44)26(22-24-14-15-24)40-32(45)29-28-25(36(28,2)3)23-43(29)34(47)31(37(4)16-8-6-9-17-37)41-35(48)42-38(18-10-7-11-19-38)27-13-12-21-51(27,49)50/h5,24-29,31H,1,6-23H2,2-4H3,(H,39,46)(H,40,45)(H2,41,42,48)/t25-,26?,27?,28-,29-,31+/m0/s1. The molecule has 0 aromatic rings. The van der Waals surface area contributed by atoms with Crippen LogP contribution in [0.1, 0.15) is 117 Å². The van der Waals surface area contributed by atoms with Gasteiger partial charge in [0.1, 0.15) is 12.1 Å². The Morgan fingerprint density at radius 3 is 2.12 bits per heavy atom. The molecule has 6 rings (SSSR count). The second kappa shape index (κ2) is 14.5. The van der Waals surface area contributed by atoms with Gasteiger partial charge in [-0.2, -0.15) is 0 Å². The summed E-state index contributed by atoms with van der Waals surface area (Å²) in [5.41, 5.74) is -1.63. The molecule has 13 heteroatoms. The molecule has 4 aliphatic carbocycles. The van der Waals surface area contributed by atoms with Crippen molar-refractivity contribution in [3.8, 4) is 0 Å². The number of piperidine rings is 1. The fraction of sp³-hybridized carbons (Fsp3) is 0.816. The molecule has 4 N–H and O–H groups in total. The number of Topliss-reactive ketones (excluding diaryl/α,β-unsaturated/α-hetero) is 1. The highest BCUT2D eigenvalue weighted by Gasteiger charge is 2.70. The van der Waals surface area contributed by atoms with Crippen LogP contribution in [0.4, 0.5) is 4.79 Å². The third kappa shape index (κ3) is 7.60. The average Bonchev–Trinajstić information content (AvgIpc) is 3.87. The summed E-state index contributed by atoms with van der Waals surface area (Å²) in [7, 11) is -3.36. The molecular weight excluding hydrogens is 671 g/mol. The Bertz CT molecular complexity index is 1510. The minimum absolute atomic E-state index is 0.0809. The molecule has 284 valence electrons. The van der Waals surface area contributed by atoms with E-state index in [1.807, 2.05) is 6.92 Å². The number of carbonyl (C=O) groups is 5. The molecule has 0 aromatic carbocycles. The van der Waals surface area contributed by atoms with Crippen molar-refractivity contribution < 1.29 is 32.4 Å². The summed E-state index contributed by atoms with van der Waals surface area (Å²) in [5.74, 6) is -1.90. The number of hydrogen-bond donors (Lipinski definition) is 4. The number of rotatable bonds is 13. The molecule has 2 unspecified atom stereocenters. The largest absolute Gasteiger partial charge is 0.346 e. The molecule has 51 heavy (non-hydrogen) atoms. The van der Waals surface area contributed by atoms with Crippen LogP contribution in [0.2, 0.25) is 0 Å². The summed E-state index contributed by atoms with van der Waals surface area (Å²) in [6.45, 7) is 10.3. The zero-order valence-corrected chi connectivity index (χ0v) is 31.6. The molecular formula is C38H59N5O7S. The molecule has 0 radical (unpaired) electrons. The minimum Gasteiger partial charge on any atom is -0.346 e. The lowest BCUT2D eigenvalue weighted by Gasteiger charge is -2.45. The molecule has 5 amide bonds. The highest BCUT2D eigenvalue weighted by molar-refractivity contribution is 7.92. The van der Waals surface area contributed by atoms with E-state index >= 15 is 0 Å². The van der Waals surface area contributed by atoms with Gasteiger partial charge in [-0.25, -0.2) is 13.2 Å². The van der Waals surface area contributed by atoms with Gasteiger partial charge in [0, 0.05) is 13.1 Å². The number of hydrogen-bond acceptors (Lipinski definition) is 7. The molecule has 2 heterocycles. The van der Waals surface area contributed by atoms with Crippen molar-refractivity contribution in [2.24, 2.45) is 28.6 Å². The summed E-state index contributed by atoms with van der Waals surface area (Å²) in [6, 6.07) is -3.31. The predicted molar refractivity (Wildman–Crippen MR) is 193 cm³/mol. The van der Waals surface area contributed by atoms with Crippen molar-refractivity contribution in [2.75, 3.05) is 18.8 Å². The molecule has 0 spiro atoms. The molecule has 4 saturated carbocycles. The summed E-state index contributed by atoms with van der Waals surface area (Å²) in [6.07, 6.45) is 12.9. The maximum Gasteiger partial charge on any atom is 0.315 e. The van der Waals surface area contributed by atoms with E-state index in [9.17, 15) is 32.4 Å². The first-order valence-electron chi connectivity index (χ1n) is 19.5. The Morgan fingerprint density at radius 1 is 0.882 bits per heavy atom. The normalized spacial score (nSPS) is 30.9. The van der Waals surface area contributed by atoms with E-state index in [4.69, 9.17) is 0 Å². The van der Waals surface area contributed by atoms with Crippen LogP contribution >= 0.6 is 0 Å². The second-order valence-electron chi connectivity index (χ2n) is 17.5. The second-order valence-corrected chi connectivity index (χ2v) is 19.8. The zero-order valence-electron chi connectivity index (χ0n) is 30.8. The van der Waals surface area contributed by atoms with Gasteiger partial charge in [-0.3, -0.25) is 19.2 Å². The first-order valence-corrected chi connectivity index (χ1v) is 21.2. The van der Waals surface area contributed by atoms with E-state index in [0.717, 1.165) is 64.2 Å². The number of likely N-dealkylation sites (tertiary alicyclic amines) is 1. The Morgan fingerprint density at radius 2 is 1.53 bits per heavy atom. The van der Waals surface area contributed by atoms with E-state index in [2.05, 4.69) is 41.7 Å². The number of nitrogens with zero attached hydrogens (tertiary/aromatic N) is 1. The number of fused-ring (bicyclic) bond motifs is 1. The van der Waals surface area contributed by atoms with Gasteiger partial charge in [0.25, 0.3) is 5.91 Å². The third-order valence-corrected chi connectivity index (χ3v) is 16.0. The van der Waals surface area contributed by atoms with Gasteiger partial charge in [-0.1, -0.05) is 78.2 Å². The van der Waals surface area contributed by atoms with Crippen molar-refractivity contribution in [3.63, 3.8) is 0 Å². The van der Waals surface area contributed by atoms with Crippen LogP contribution in [0.5, 0.6) is 0 Å². The maximum atomic E-state index is 14.9. The van der Waals surface area contributed by atoms with Crippen LogP contribution in [-0.4, -0.2) is 90.6 Å². The zero-order chi connectivity index (χ0) is 36.8. The first kappa shape index (κ1) is 37.8. The number of sulfone groups is 1. The van der Waals surface area contributed by atoms with Crippen LogP contribution in [0.15, 0.2) is 12.7 Å². The van der Waals surface area contributed by atoms with E-state index in [0.29, 0.717) is 38.6 Å². The quantitative estimate of drug-likeness (QED) is 0.166. The summed E-state index contributed by atoms with van der Waals surface area (Å²) >= 11 is 0. The van der Waals surface area contributed by atoms with Gasteiger partial charge in [-0.05, 0) is 73.5 Å². The lowest BCUT2D eigenvalue weighted by molar-refractivity contribution is -0.146. The molecule has 6 atom stereocenters. The third-order valence-electron chi connectivity index (χ3n) is 13.6. The molecule has 0 bridgehead atoms. The van der Waals surface area contributed by atoms with Gasteiger partial charge in [0.05, 0.1) is 22.6 Å². The molecule has 0 aromatic heterocycles. The van der Waals surface area contributed by atoms with Crippen LogP contribution in [-0.2, 0) is 29.0 Å². The Kier molecular flexibility index (Phi) is 10.7. The molecule has 2 saturated heterocycles. The van der Waals surface area contributed by atoms with Crippen LogP contribution in [0.25, 0.3) is 0 Å². The van der Waals surface area contributed by atoms with E-state index in [1.54, 1.807) is 4.90 Å². The topological polar surface area (TPSA) is 171 Å². The Hall–Kier alpha value is -2.96. The fourth-order valence-electron chi connectivity index (χ4n) is 10.3. The van der Waals surface area contributed by atoms with Crippen molar-refractivity contribution in [2.45, 2.75) is 146 Å². The molecule has 6 aliphatic rings. The van der Waals surface area contributed by atoms with Crippen molar-refractivity contribution in [1.82, 2.24) is 26.2 Å². The monoisotopic (exact) mass is 729 g/mol. The van der Waals surface area contributed by atoms with Crippen molar-refractivity contribution in [1.29, 1.82) is 0 Å². The average molecular weight is 730 g/mol. The van der Waals surface area contributed by atoms with Crippen molar-refractivity contribution in [3.05, 3.63) is 12.7 Å². The van der Waals surface area contributed by atoms with Gasteiger partial charge in [0.15, 0.2) is 9.84 Å². The van der Waals surface area contributed by atoms with Crippen LogP contribution in [0, 0.1) is 28.6 Å². The van der Waals surface area contributed by atoms with E-state index < -0.39 is 67.8 Å². The lowest BCUT2D eigenvalue weighted by Crippen LogP contribution is -2.66. The fourth-order valence-corrected chi connectivity index (χ4v) is 12.6. The summed E-state index contributed by atoms with van der Waals surface area (Å²) < 4.78 is 26.4. The lowest BCUT2D eigenvalue weighted by atomic mass is 9.70. The molecule has 6 fully saturated rings. The number of amides is 5. The first-order chi connectivity index (χ1) is 24.1. The minimum atomic E-state index is -3.36. The number of urea groups is 1.